The summed E-state index contributed by atoms with van der Waals surface area (Å²) in [4.78, 5) is 27.8. The van der Waals surface area contributed by atoms with Crippen molar-refractivity contribution in [3.05, 3.63) is 47.5 Å². The van der Waals surface area contributed by atoms with Gasteiger partial charge in [0.05, 0.1) is 50.2 Å². The second kappa shape index (κ2) is 10.7. The number of nitrogens with zero attached hydrogens (tertiary/aromatic N) is 5. The molecule has 3 aromatic heterocycles. The molecule has 3 heterocycles. The molecular weight excluding hydrogens is 467 g/mol. The zero-order valence-electron chi connectivity index (χ0n) is 20.0. The fraction of sp³-hybridized carbons (Fsp3) is 0.391. The normalized spacial score (nSPS) is 11.4. The van der Waals surface area contributed by atoms with Gasteiger partial charge in [-0.05, 0) is 38.0 Å². The molecule has 0 spiro atoms. The number of aromatic nitrogens is 4. The van der Waals surface area contributed by atoms with Crippen molar-refractivity contribution in [3.8, 4) is 22.9 Å². The van der Waals surface area contributed by atoms with Crippen LogP contribution >= 0.6 is 0 Å². The van der Waals surface area contributed by atoms with E-state index in [2.05, 4.69) is 15.1 Å². The fourth-order valence-corrected chi connectivity index (χ4v) is 3.44. The Balaban J connectivity index is 1.97. The Morgan fingerprint density at radius 3 is 2.49 bits per heavy atom. The lowest BCUT2D eigenvalue weighted by Crippen LogP contribution is -2.32. The third-order valence-corrected chi connectivity index (χ3v) is 4.94. The molecule has 0 bridgehead atoms. The average molecular weight is 493 g/mol. The van der Waals surface area contributed by atoms with E-state index in [0.717, 1.165) is 17.5 Å². The van der Waals surface area contributed by atoms with Crippen LogP contribution in [-0.2, 0) is 11.4 Å². The summed E-state index contributed by atoms with van der Waals surface area (Å²) >= 11 is 0. The molecule has 188 valence electrons. The molecule has 0 aliphatic carbocycles. The summed E-state index contributed by atoms with van der Waals surface area (Å²) < 4.78 is 49.4. The number of pyridine rings is 2. The van der Waals surface area contributed by atoms with Crippen LogP contribution in [0.1, 0.15) is 35.0 Å². The molecule has 3 rings (SSSR count). The quantitative estimate of drug-likeness (QED) is 0.405. The number of methoxy groups -OCH3 is 2. The Morgan fingerprint density at radius 2 is 1.89 bits per heavy atom. The van der Waals surface area contributed by atoms with Crippen molar-refractivity contribution < 1.29 is 32.3 Å². The first-order valence-corrected chi connectivity index (χ1v) is 10.7. The maximum Gasteiger partial charge on any atom is 0.408 e. The van der Waals surface area contributed by atoms with E-state index in [1.54, 1.807) is 32.2 Å². The number of aryl methyl sites for hydroxylation is 2. The highest BCUT2D eigenvalue weighted by atomic mass is 19.4. The van der Waals surface area contributed by atoms with E-state index in [9.17, 15) is 18.0 Å². The summed E-state index contributed by atoms with van der Waals surface area (Å²) in [5, 5.41) is 4.67. The van der Waals surface area contributed by atoms with Gasteiger partial charge in [-0.3, -0.25) is 19.3 Å². The molecule has 35 heavy (non-hydrogen) atoms. The van der Waals surface area contributed by atoms with Gasteiger partial charge in [0.15, 0.2) is 5.75 Å². The van der Waals surface area contributed by atoms with Crippen molar-refractivity contribution in [2.24, 2.45) is 0 Å². The molecular formula is C23H26F3N5O4. The summed E-state index contributed by atoms with van der Waals surface area (Å²) in [6.45, 7) is 4.15. The predicted octanol–water partition coefficient (Wildman–Crippen LogP) is 4.52. The molecule has 0 saturated carbocycles. The lowest BCUT2D eigenvalue weighted by atomic mass is 10.0. The van der Waals surface area contributed by atoms with Crippen LogP contribution in [0.25, 0.3) is 11.3 Å². The number of halogens is 3. The van der Waals surface area contributed by atoms with Crippen LogP contribution in [0.4, 0.5) is 18.9 Å². The molecule has 12 heteroatoms. The molecule has 3 aromatic rings. The maximum absolute atomic E-state index is 13.5. The third kappa shape index (κ3) is 6.07. The van der Waals surface area contributed by atoms with E-state index in [1.165, 1.54) is 14.2 Å². The van der Waals surface area contributed by atoms with Crippen LogP contribution in [0.3, 0.4) is 0 Å². The Bertz CT molecular complexity index is 1170. The predicted molar refractivity (Wildman–Crippen MR) is 121 cm³/mol. The van der Waals surface area contributed by atoms with Gasteiger partial charge in [0.2, 0.25) is 0 Å². The number of hydrogen-bond donors (Lipinski definition) is 0. The molecule has 1 amide bonds. The lowest BCUT2D eigenvalue weighted by molar-refractivity contribution is -0.142. The first kappa shape index (κ1) is 25.9. The summed E-state index contributed by atoms with van der Waals surface area (Å²) in [6.07, 6.45) is -0.0180. The molecule has 0 atom stereocenters. The zero-order valence-corrected chi connectivity index (χ0v) is 20.0. The van der Waals surface area contributed by atoms with Gasteiger partial charge in [-0.25, -0.2) is 4.98 Å². The minimum absolute atomic E-state index is 0.0830. The molecule has 0 saturated heterocycles. The van der Waals surface area contributed by atoms with Gasteiger partial charge < -0.3 is 9.47 Å². The van der Waals surface area contributed by atoms with Crippen molar-refractivity contribution >= 4 is 11.6 Å². The minimum Gasteiger partial charge on any atom is -0.491 e. The molecule has 0 fully saturated rings. The molecule has 0 aliphatic heterocycles. The average Bonchev–Trinajstić information content (AvgIpc) is 3.24. The van der Waals surface area contributed by atoms with E-state index < -0.39 is 18.6 Å². The van der Waals surface area contributed by atoms with E-state index in [1.807, 2.05) is 6.92 Å². The van der Waals surface area contributed by atoms with Crippen LogP contribution in [0, 0.1) is 13.8 Å². The highest BCUT2D eigenvalue weighted by molar-refractivity contribution is 6.06. The number of hydrogen-bond acceptors (Lipinski definition) is 7. The SMILES string of the molecule is CCCON(C(=O)c1c(C)cc(-c2cnc(OC)c(OC)c2)nc1C)c1cnn(CC(F)(F)F)c1. The van der Waals surface area contributed by atoms with Crippen LogP contribution in [0.2, 0.25) is 0 Å². The number of alkyl halides is 3. The third-order valence-electron chi connectivity index (χ3n) is 4.94. The lowest BCUT2D eigenvalue weighted by Gasteiger charge is -2.22. The number of ether oxygens (including phenoxy) is 2. The molecule has 9 nitrogen and oxygen atoms in total. The van der Waals surface area contributed by atoms with E-state index in [-0.39, 0.29) is 17.9 Å². The minimum atomic E-state index is -4.45. The van der Waals surface area contributed by atoms with E-state index in [0.29, 0.717) is 45.2 Å². The topological polar surface area (TPSA) is 91.6 Å². The highest BCUT2D eigenvalue weighted by Crippen LogP contribution is 2.31. The smallest absolute Gasteiger partial charge is 0.408 e. The van der Waals surface area contributed by atoms with Crippen LogP contribution in [0.5, 0.6) is 11.6 Å². The van der Waals surface area contributed by atoms with Crippen molar-refractivity contribution in [2.45, 2.75) is 39.9 Å². The van der Waals surface area contributed by atoms with Crippen molar-refractivity contribution in [1.82, 2.24) is 19.7 Å². The Kier molecular flexibility index (Phi) is 7.95. The van der Waals surface area contributed by atoms with Gasteiger partial charge in [0, 0.05) is 11.8 Å². The molecule has 0 N–H and O–H groups in total. The number of amides is 1. The standard InChI is InChI=1S/C23H26F3N5O4/c1-6-7-35-31(17-11-28-30(12-17)13-23(24,25)26)22(32)20-14(2)8-18(29-15(20)3)16-9-19(33-4)21(34-5)27-10-16/h8-12H,6-7,13H2,1-5H3. The van der Waals surface area contributed by atoms with Gasteiger partial charge in [-0.2, -0.15) is 23.3 Å². The second-order valence-corrected chi connectivity index (χ2v) is 7.66. The molecule has 0 radical (unpaired) electrons. The number of carbonyl (C=O) groups is 1. The molecule has 0 aliphatic rings. The molecule has 0 aromatic carbocycles. The van der Waals surface area contributed by atoms with Crippen LogP contribution in [-0.4, -0.2) is 52.7 Å². The van der Waals surface area contributed by atoms with Gasteiger partial charge in [-0.15, -0.1) is 0 Å². The van der Waals surface area contributed by atoms with Gasteiger partial charge in [-0.1, -0.05) is 6.92 Å². The Labute approximate surface area is 200 Å². The Morgan fingerprint density at radius 1 is 1.14 bits per heavy atom. The van der Waals surface area contributed by atoms with Crippen molar-refractivity contribution in [2.75, 3.05) is 25.9 Å². The van der Waals surface area contributed by atoms with Crippen molar-refractivity contribution in [1.29, 1.82) is 0 Å². The summed E-state index contributed by atoms with van der Waals surface area (Å²) in [7, 11) is 2.98. The van der Waals surface area contributed by atoms with Crippen LogP contribution in [0.15, 0.2) is 30.7 Å². The van der Waals surface area contributed by atoms with E-state index >= 15 is 0 Å². The summed E-state index contributed by atoms with van der Waals surface area (Å²) in [5.41, 5.74) is 2.57. The number of carbonyl (C=O) groups excluding carboxylic acids is 1. The van der Waals surface area contributed by atoms with Gasteiger partial charge >= 0.3 is 6.18 Å². The fourth-order valence-electron chi connectivity index (χ4n) is 3.44. The van der Waals surface area contributed by atoms with E-state index in [4.69, 9.17) is 14.3 Å². The first-order chi connectivity index (χ1) is 16.6. The zero-order chi connectivity index (χ0) is 25.8. The van der Waals surface area contributed by atoms with Crippen LogP contribution < -0.4 is 14.5 Å². The van der Waals surface area contributed by atoms with Crippen molar-refractivity contribution in [3.63, 3.8) is 0 Å². The summed E-state index contributed by atoms with van der Waals surface area (Å²) in [6, 6.07) is 3.44. The second-order valence-electron chi connectivity index (χ2n) is 7.66. The Hall–Kier alpha value is -3.67. The first-order valence-electron chi connectivity index (χ1n) is 10.7. The highest BCUT2D eigenvalue weighted by Gasteiger charge is 2.30. The molecule has 0 unspecified atom stereocenters. The van der Waals surface area contributed by atoms with Gasteiger partial charge in [0.25, 0.3) is 11.8 Å². The maximum atomic E-state index is 13.5. The number of rotatable bonds is 9. The summed E-state index contributed by atoms with van der Waals surface area (Å²) in [5.74, 6) is 0.188. The van der Waals surface area contributed by atoms with Gasteiger partial charge in [0.1, 0.15) is 12.2 Å². The largest absolute Gasteiger partial charge is 0.491 e. The number of anilines is 1. The monoisotopic (exact) mass is 493 g/mol. The number of hydroxylamine groups is 1.